The Balaban J connectivity index is 3.17. The fourth-order valence-electron chi connectivity index (χ4n) is 3.92. The number of aliphatic hydroxyl groups excluding tert-OH is 1. The lowest BCUT2D eigenvalue weighted by molar-refractivity contribution is -0.0201. The van der Waals surface area contributed by atoms with Gasteiger partial charge in [0.1, 0.15) is 6.10 Å². The summed E-state index contributed by atoms with van der Waals surface area (Å²) in [6.07, 6.45) is 30.4. The summed E-state index contributed by atoms with van der Waals surface area (Å²) in [5.41, 5.74) is 0. The molecule has 3 nitrogen and oxygen atoms in total. The fraction of sp³-hybridized carbons (Fsp3) is 0.931. The number of allylic oxidation sites excluding steroid dienone is 2. The largest absolute Gasteiger partial charge is 0.388 e. The number of aliphatic hydroxyl groups is 1. The Kier molecular flexibility index (Phi) is 28.3. The summed E-state index contributed by atoms with van der Waals surface area (Å²) in [7, 11) is 0. The van der Waals surface area contributed by atoms with Gasteiger partial charge in [-0.3, -0.25) is 0 Å². The van der Waals surface area contributed by atoms with Crippen LogP contribution in [0, 0.1) is 0 Å². The number of ether oxygens (including phenoxy) is 2. The zero-order valence-corrected chi connectivity index (χ0v) is 22.0. The average molecular weight is 455 g/mol. The highest BCUT2D eigenvalue weighted by molar-refractivity contribution is 4.81. The first-order chi connectivity index (χ1) is 15.8. The van der Waals surface area contributed by atoms with Gasteiger partial charge in [-0.05, 0) is 38.5 Å². The van der Waals surface area contributed by atoms with Gasteiger partial charge >= 0.3 is 0 Å². The van der Waals surface area contributed by atoms with E-state index in [0.29, 0.717) is 13.2 Å². The van der Waals surface area contributed by atoms with Crippen molar-refractivity contribution >= 4 is 0 Å². The van der Waals surface area contributed by atoms with Gasteiger partial charge in [0.05, 0.1) is 13.2 Å². The van der Waals surface area contributed by atoms with E-state index in [1.165, 1.54) is 116 Å². The first-order valence-corrected chi connectivity index (χ1v) is 14.3. The van der Waals surface area contributed by atoms with Gasteiger partial charge in [0, 0.05) is 13.2 Å². The molecule has 0 aromatic heterocycles. The zero-order chi connectivity index (χ0) is 23.4. The maximum absolute atomic E-state index is 9.90. The smallest absolute Gasteiger partial charge is 0.101 e. The van der Waals surface area contributed by atoms with Crippen molar-refractivity contribution in [1.82, 2.24) is 0 Å². The number of unbranched alkanes of at least 4 members (excludes halogenated alkanes) is 17. The lowest BCUT2D eigenvalue weighted by atomic mass is 10.1. The molecule has 0 heterocycles. The summed E-state index contributed by atoms with van der Waals surface area (Å²) in [6.45, 7) is 6.85. The Morgan fingerprint density at radius 1 is 0.500 bits per heavy atom. The van der Waals surface area contributed by atoms with E-state index in [-0.39, 0.29) is 0 Å². The maximum Gasteiger partial charge on any atom is 0.101 e. The molecule has 0 radical (unpaired) electrons. The third-order valence-electron chi connectivity index (χ3n) is 6.06. The molecule has 0 spiro atoms. The van der Waals surface area contributed by atoms with Gasteiger partial charge in [-0.2, -0.15) is 0 Å². The molecule has 0 saturated heterocycles. The molecule has 0 aliphatic heterocycles. The van der Waals surface area contributed by atoms with E-state index in [0.717, 1.165) is 26.1 Å². The van der Waals surface area contributed by atoms with Crippen molar-refractivity contribution in [2.45, 2.75) is 148 Å². The summed E-state index contributed by atoms with van der Waals surface area (Å²) >= 11 is 0. The van der Waals surface area contributed by atoms with Crippen LogP contribution in [0.2, 0.25) is 0 Å². The Bertz CT molecular complexity index is 356. The highest BCUT2D eigenvalue weighted by atomic mass is 16.5. The quantitative estimate of drug-likeness (QED) is 0.0995. The normalized spacial score (nSPS) is 12.7. The Labute approximate surface area is 201 Å². The molecule has 32 heavy (non-hydrogen) atoms. The first-order valence-electron chi connectivity index (χ1n) is 14.3. The molecule has 0 aliphatic carbocycles. The standard InChI is InChI=1S/C29H58O3/c1-3-5-7-9-11-12-13-14-15-16-17-18-19-20-22-24-26-32-28-29(30)27-31-25-23-21-10-8-6-4-2/h14-15,29-30H,3-13,16-28H2,1-2H3/b15-14-. The van der Waals surface area contributed by atoms with Gasteiger partial charge in [-0.25, -0.2) is 0 Å². The first kappa shape index (κ1) is 31.6. The third-order valence-corrected chi connectivity index (χ3v) is 6.06. The number of rotatable bonds is 27. The highest BCUT2D eigenvalue weighted by Crippen LogP contribution is 2.10. The lowest BCUT2D eigenvalue weighted by Gasteiger charge is -2.12. The van der Waals surface area contributed by atoms with Crippen molar-refractivity contribution in [1.29, 1.82) is 0 Å². The van der Waals surface area contributed by atoms with Crippen molar-refractivity contribution in [2.75, 3.05) is 26.4 Å². The summed E-state index contributed by atoms with van der Waals surface area (Å²) < 4.78 is 11.2. The predicted octanol–water partition coefficient (Wildman–Crippen LogP) is 8.78. The van der Waals surface area contributed by atoms with Crippen LogP contribution in [0.1, 0.15) is 142 Å². The molecule has 0 saturated carbocycles. The molecule has 3 heteroatoms. The fourth-order valence-corrected chi connectivity index (χ4v) is 3.92. The molecular formula is C29H58O3. The number of hydrogen-bond acceptors (Lipinski definition) is 3. The van der Waals surface area contributed by atoms with Gasteiger partial charge in [-0.15, -0.1) is 0 Å². The molecule has 0 aromatic rings. The van der Waals surface area contributed by atoms with Gasteiger partial charge in [0.15, 0.2) is 0 Å². The van der Waals surface area contributed by atoms with Crippen LogP contribution in [0.25, 0.3) is 0 Å². The molecule has 0 aromatic carbocycles. The second kappa shape index (κ2) is 28.7. The van der Waals surface area contributed by atoms with E-state index in [4.69, 9.17) is 9.47 Å². The van der Waals surface area contributed by atoms with E-state index in [1.54, 1.807) is 0 Å². The van der Waals surface area contributed by atoms with Crippen LogP contribution in [0.5, 0.6) is 0 Å². The molecule has 1 unspecified atom stereocenters. The molecule has 0 bridgehead atoms. The topological polar surface area (TPSA) is 38.7 Å². The second-order valence-electron chi connectivity index (χ2n) is 9.51. The van der Waals surface area contributed by atoms with E-state index >= 15 is 0 Å². The van der Waals surface area contributed by atoms with Crippen LogP contribution in [-0.4, -0.2) is 37.6 Å². The second-order valence-corrected chi connectivity index (χ2v) is 9.51. The van der Waals surface area contributed by atoms with Gasteiger partial charge in [0.25, 0.3) is 0 Å². The van der Waals surface area contributed by atoms with E-state index in [1.807, 2.05) is 0 Å². The molecule has 192 valence electrons. The highest BCUT2D eigenvalue weighted by Gasteiger charge is 2.04. The zero-order valence-electron chi connectivity index (χ0n) is 22.0. The Morgan fingerprint density at radius 2 is 0.844 bits per heavy atom. The van der Waals surface area contributed by atoms with Crippen molar-refractivity contribution in [3.63, 3.8) is 0 Å². The third kappa shape index (κ3) is 27.7. The van der Waals surface area contributed by atoms with Crippen molar-refractivity contribution < 1.29 is 14.6 Å². The Morgan fingerprint density at radius 3 is 1.25 bits per heavy atom. The van der Waals surface area contributed by atoms with Crippen molar-refractivity contribution in [3.8, 4) is 0 Å². The van der Waals surface area contributed by atoms with Crippen LogP contribution in [0.4, 0.5) is 0 Å². The maximum atomic E-state index is 9.90. The van der Waals surface area contributed by atoms with E-state index in [9.17, 15) is 5.11 Å². The summed E-state index contributed by atoms with van der Waals surface area (Å²) in [5.74, 6) is 0. The SMILES string of the molecule is CCCCCCCC/C=C\CCCCCCCCOCC(O)COCCCCCCCC. The van der Waals surface area contributed by atoms with E-state index < -0.39 is 6.10 Å². The minimum Gasteiger partial charge on any atom is -0.388 e. The molecule has 0 aliphatic rings. The van der Waals surface area contributed by atoms with Gasteiger partial charge in [-0.1, -0.05) is 116 Å². The minimum absolute atomic E-state index is 0.404. The van der Waals surface area contributed by atoms with Gasteiger partial charge < -0.3 is 14.6 Å². The van der Waals surface area contributed by atoms with Crippen LogP contribution >= 0.6 is 0 Å². The molecule has 0 fully saturated rings. The average Bonchev–Trinajstić information content (AvgIpc) is 2.80. The summed E-state index contributed by atoms with van der Waals surface area (Å²) in [5, 5.41) is 9.90. The van der Waals surface area contributed by atoms with Crippen LogP contribution in [0.15, 0.2) is 12.2 Å². The Hall–Kier alpha value is -0.380. The summed E-state index contributed by atoms with van der Waals surface area (Å²) in [6, 6.07) is 0. The molecule has 1 atom stereocenters. The molecule has 0 rings (SSSR count). The van der Waals surface area contributed by atoms with Crippen LogP contribution in [-0.2, 0) is 9.47 Å². The predicted molar refractivity (Wildman–Crippen MR) is 140 cm³/mol. The lowest BCUT2D eigenvalue weighted by Crippen LogP contribution is -2.22. The van der Waals surface area contributed by atoms with E-state index in [2.05, 4.69) is 26.0 Å². The summed E-state index contributed by atoms with van der Waals surface area (Å²) in [4.78, 5) is 0. The van der Waals surface area contributed by atoms with Crippen LogP contribution < -0.4 is 0 Å². The van der Waals surface area contributed by atoms with Gasteiger partial charge in [0.2, 0.25) is 0 Å². The minimum atomic E-state index is -0.482. The molecule has 0 amide bonds. The monoisotopic (exact) mass is 454 g/mol. The molecular weight excluding hydrogens is 396 g/mol. The molecule has 1 N–H and O–H groups in total. The van der Waals surface area contributed by atoms with Crippen LogP contribution in [0.3, 0.4) is 0 Å². The number of hydrogen-bond donors (Lipinski definition) is 1. The van der Waals surface area contributed by atoms with Crippen molar-refractivity contribution in [2.24, 2.45) is 0 Å². The van der Waals surface area contributed by atoms with Crippen molar-refractivity contribution in [3.05, 3.63) is 12.2 Å².